The highest BCUT2D eigenvalue weighted by Crippen LogP contribution is 2.24. The van der Waals surface area contributed by atoms with E-state index in [0.717, 1.165) is 23.6 Å². The second-order valence-corrected chi connectivity index (χ2v) is 4.46. The van der Waals surface area contributed by atoms with Crippen molar-refractivity contribution in [1.82, 2.24) is 9.97 Å². The minimum Gasteiger partial charge on any atom is -0.396 e. The Bertz CT molecular complexity index is 370. The Kier molecular flexibility index (Phi) is 4.69. The zero-order chi connectivity index (χ0) is 12.9. The molecule has 0 saturated heterocycles. The summed E-state index contributed by atoms with van der Waals surface area (Å²) >= 11 is 0. The molecule has 0 amide bonds. The van der Waals surface area contributed by atoms with Gasteiger partial charge in [-0.25, -0.2) is 9.97 Å². The lowest BCUT2D eigenvalue weighted by Crippen LogP contribution is -2.35. The maximum Gasteiger partial charge on any atom is 0.134 e. The van der Waals surface area contributed by atoms with Crippen LogP contribution in [-0.4, -0.2) is 34.3 Å². The highest BCUT2D eigenvalue weighted by atomic mass is 16.3. The molecule has 17 heavy (non-hydrogen) atoms. The van der Waals surface area contributed by atoms with Gasteiger partial charge in [0, 0.05) is 24.8 Å². The van der Waals surface area contributed by atoms with Crippen molar-refractivity contribution in [2.24, 2.45) is 0 Å². The third kappa shape index (κ3) is 3.30. The summed E-state index contributed by atoms with van der Waals surface area (Å²) in [5, 5.41) is 15.5. The average Bonchev–Trinajstić information content (AvgIpc) is 2.32. The van der Waals surface area contributed by atoms with Crippen molar-refractivity contribution in [3.63, 3.8) is 0 Å². The highest BCUT2D eigenvalue weighted by molar-refractivity contribution is 5.57. The van der Waals surface area contributed by atoms with Crippen LogP contribution in [0.2, 0.25) is 0 Å². The van der Waals surface area contributed by atoms with Crippen LogP contribution >= 0.6 is 0 Å². The molecule has 0 spiro atoms. The second-order valence-electron chi connectivity index (χ2n) is 4.46. The zero-order valence-corrected chi connectivity index (χ0v) is 11.0. The Morgan fingerprint density at radius 3 is 2.53 bits per heavy atom. The number of hydrogen-bond donors (Lipinski definition) is 3. The zero-order valence-electron chi connectivity index (χ0n) is 11.0. The van der Waals surface area contributed by atoms with Crippen LogP contribution in [0.4, 0.5) is 11.6 Å². The summed E-state index contributed by atoms with van der Waals surface area (Å²) in [4.78, 5) is 8.41. The molecule has 1 aromatic heterocycles. The highest BCUT2D eigenvalue weighted by Gasteiger charge is 2.22. The van der Waals surface area contributed by atoms with Crippen LogP contribution in [0.3, 0.4) is 0 Å². The van der Waals surface area contributed by atoms with E-state index in [4.69, 9.17) is 5.11 Å². The normalized spacial score (nSPS) is 14.2. The van der Waals surface area contributed by atoms with Crippen molar-refractivity contribution in [2.45, 2.75) is 39.2 Å². The monoisotopic (exact) mass is 238 g/mol. The summed E-state index contributed by atoms with van der Waals surface area (Å²) in [6, 6.07) is 0. The molecule has 0 radical (unpaired) electrons. The first-order valence-corrected chi connectivity index (χ1v) is 5.94. The van der Waals surface area contributed by atoms with Crippen LogP contribution in [0.15, 0.2) is 6.33 Å². The van der Waals surface area contributed by atoms with E-state index >= 15 is 0 Å². The van der Waals surface area contributed by atoms with Gasteiger partial charge in [-0.05, 0) is 26.7 Å². The van der Waals surface area contributed by atoms with Gasteiger partial charge in [-0.3, -0.25) is 0 Å². The maximum atomic E-state index is 9.10. The molecule has 1 heterocycles. The lowest BCUT2D eigenvalue weighted by Gasteiger charge is -2.30. The Morgan fingerprint density at radius 1 is 1.35 bits per heavy atom. The lowest BCUT2D eigenvalue weighted by atomic mass is 9.94. The van der Waals surface area contributed by atoms with E-state index in [9.17, 15) is 0 Å². The van der Waals surface area contributed by atoms with Crippen molar-refractivity contribution in [3.05, 3.63) is 11.9 Å². The first-order valence-electron chi connectivity index (χ1n) is 5.94. The fourth-order valence-corrected chi connectivity index (χ4v) is 1.69. The first kappa shape index (κ1) is 13.7. The van der Waals surface area contributed by atoms with E-state index in [2.05, 4.69) is 34.4 Å². The summed E-state index contributed by atoms with van der Waals surface area (Å²) in [5.41, 5.74) is 0.853. The molecule has 5 nitrogen and oxygen atoms in total. The number of hydrogen-bond acceptors (Lipinski definition) is 5. The molecule has 0 fully saturated rings. The molecule has 0 saturated carbocycles. The van der Waals surface area contributed by atoms with Gasteiger partial charge in [-0.15, -0.1) is 0 Å². The predicted octanol–water partition coefficient (Wildman–Crippen LogP) is 1.79. The molecule has 3 N–H and O–H groups in total. The van der Waals surface area contributed by atoms with Gasteiger partial charge >= 0.3 is 0 Å². The molecule has 1 atom stereocenters. The molecular weight excluding hydrogens is 216 g/mol. The van der Waals surface area contributed by atoms with Gasteiger partial charge in [0.05, 0.1) is 0 Å². The summed E-state index contributed by atoms with van der Waals surface area (Å²) in [6.45, 7) is 6.32. The summed E-state index contributed by atoms with van der Waals surface area (Å²) < 4.78 is 0. The van der Waals surface area contributed by atoms with Crippen molar-refractivity contribution in [1.29, 1.82) is 0 Å². The Labute approximate surface area is 103 Å². The van der Waals surface area contributed by atoms with Crippen LogP contribution in [0.1, 0.15) is 32.3 Å². The van der Waals surface area contributed by atoms with Crippen LogP contribution < -0.4 is 10.6 Å². The number of rotatable bonds is 6. The Morgan fingerprint density at radius 2 is 2.00 bits per heavy atom. The Balaban J connectivity index is 2.93. The van der Waals surface area contributed by atoms with E-state index in [0.29, 0.717) is 6.42 Å². The van der Waals surface area contributed by atoms with Crippen LogP contribution in [-0.2, 0) is 0 Å². The number of nitrogens with one attached hydrogen (secondary N) is 2. The van der Waals surface area contributed by atoms with E-state index < -0.39 is 0 Å². The average molecular weight is 238 g/mol. The largest absolute Gasteiger partial charge is 0.396 e. The topological polar surface area (TPSA) is 70.1 Å². The molecule has 0 aliphatic rings. The van der Waals surface area contributed by atoms with Crippen molar-refractivity contribution in [3.8, 4) is 0 Å². The minimum atomic E-state index is -0.140. The van der Waals surface area contributed by atoms with Crippen molar-refractivity contribution in [2.75, 3.05) is 24.3 Å². The van der Waals surface area contributed by atoms with Gasteiger partial charge in [-0.1, -0.05) is 6.92 Å². The molecule has 0 aliphatic heterocycles. The molecule has 1 aromatic rings. The van der Waals surface area contributed by atoms with Crippen LogP contribution in [0.5, 0.6) is 0 Å². The summed E-state index contributed by atoms with van der Waals surface area (Å²) in [5.74, 6) is 1.65. The molecule has 96 valence electrons. The van der Waals surface area contributed by atoms with Crippen LogP contribution in [0.25, 0.3) is 0 Å². The fourth-order valence-electron chi connectivity index (χ4n) is 1.69. The van der Waals surface area contributed by atoms with E-state index in [-0.39, 0.29) is 12.1 Å². The first-order chi connectivity index (χ1) is 8.06. The molecule has 0 bridgehead atoms. The number of nitrogens with zero attached hydrogens (tertiary/aromatic N) is 2. The minimum absolute atomic E-state index is 0.140. The molecular formula is C12H22N4O. The maximum absolute atomic E-state index is 9.10. The molecule has 1 unspecified atom stereocenters. The SMILES string of the molecule is CCC(C)(CCO)Nc1ncnc(NC)c1C. The van der Waals surface area contributed by atoms with E-state index in [1.165, 1.54) is 6.33 Å². The van der Waals surface area contributed by atoms with Crippen molar-refractivity contribution >= 4 is 11.6 Å². The van der Waals surface area contributed by atoms with Gasteiger partial charge in [-0.2, -0.15) is 0 Å². The Hall–Kier alpha value is -1.36. The van der Waals surface area contributed by atoms with Gasteiger partial charge in [0.2, 0.25) is 0 Å². The quantitative estimate of drug-likeness (QED) is 0.705. The van der Waals surface area contributed by atoms with Gasteiger partial charge in [0.15, 0.2) is 0 Å². The number of aliphatic hydroxyl groups excluding tert-OH is 1. The van der Waals surface area contributed by atoms with Gasteiger partial charge in [0.25, 0.3) is 0 Å². The standard InChI is InChI=1S/C12H22N4O/c1-5-12(3,6-7-17)16-11-9(2)10(13-4)14-8-15-11/h8,17H,5-7H2,1-4H3,(H2,13,14,15,16). The summed E-state index contributed by atoms with van der Waals surface area (Å²) in [7, 11) is 1.84. The molecule has 5 heteroatoms. The third-order valence-corrected chi connectivity index (χ3v) is 3.18. The summed E-state index contributed by atoms with van der Waals surface area (Å²) in [6.07, 6.45) is 3.16. The van der Waals surface area contributed by atoms with E-state index in [1.54, 1.807) is 0 Å². The van der Waals surface area contributed by atoms with Gasteiger partial charge < -0.3 is 15.7 Å². The molecule has 0 aliphatic carbocycles. The number of anilines is 2. The lowest BCUT2D eigenvalue weighted by molar-refractivity contribution is 0.251. The van der Waals surface area contributed by atoms with Crippen LogP contribution in [0, 0.1) is 6.92 Å². The fraction of sp³-hybridized carbons (Fsp3) is 0.667. The van der Waals surface area contributed by atoms with E-state index in [1.807, 2.05) is 14.0 Å². The second kappa shape index (κ2) is 5.82. The molecule has 0 aromatic carbocycles. The number of aliphatic hydroxyl groups is 1. The third-order valence-electron chi connectivity index (χ3n) is 3.18. The smallest absolute Gasteiger partial charge is 0.134 e. The predicted molar refractivity (Wildman–Crippen MR) is 70.3 cm³/mol. The number of aromatic nitrogens is 2. The van der Waals surface area contributed by atoms with Crippen molar-refractivity contribution < 1.29 is 5.11 Å². The van der Waals surface area contributed by atoms with Gasteiger partial charge in [0.1, 0.15) is 18.0 Å². The molecule has 1 rings (SSSR count).